The van der Waals surface area contributed by atoms with Crippen molar-refractivity contribution in [3.05, 3.63) is 83.9 Å². The number of benzene rings is 2. The highest BCUT2D eigenvalue weighted by Gasteiger charge is 2.30. The fraction of sp³-hybridized carbons (Fsp3) is 0.0909. The quantitative estimate of drug-likeness (QED) is 0.484. The number of carbonyl (C=O) groups excluding carboxylic acids is 1. The van der Waals surface area contributed by atoms with Gasteiger partial charge in [0.15, 0.2) is 5.82 Å². The number of nitrogens with zero attached hydrogens (tertiary/aromatic N) is 4. The van der Waals surface area contributed by atoms with Crippen LogP contribution in [0.5, 0.6) is 5.75 Å². The number of amides is 1. The predicted molar refractivity (Wildman–Crippen MR) is 110 cm³/mol. The van der Waals surface area contributed by atoms with Crippen LogP contribution >= 0.6 is 0 Å². The summed E-state index contributed by atoms with van der Waals surface area (Å²) in [6, 6.07) is 11.1. The zero-order valence-corrected chi connectivity index (χ0v) is 16.6. The standard InChI is InChI=1S/C22H16F3N5O2/c1-13-19(12-28-30(13)17-6-3-5-15(9-17)22(23,24)25)21(32)29-16-10-26-20(27-11-16)14-4-2-7-18(31)8-14/h2-12,31H,1H3,(H,29,32). The number of halogens is 3. The number of anilines is 1. The first-order chi connectivity index (χ1) is 15.2. The van der Waals surface area contributed by atoms with E-state index in [1.165, 1.54) is 47.5 Å². The van der Waals surface area contributed by atoms with Crippen LogP contribution in [0, 0.1) is 6.92 Å². The summed E-state index contributed by atoms with van der Waals surface area (Å²) in [6.45, 7) is 1.59. The minimum absolute atomic E-state index is 0.0803. The molecule has 1 amide bonds. The van der Waals surface area contributed by atoms with Crippen molar-refractivity contribution >= 4 is 11.6 Å². The summed E-state index contributed by atoms with van der Waals surface area (Å²) < 4.78 is 40.3. The van der Waals surface area contributed by atoms with Crippen molar-refractivity contribution < 1.29 is 23.1 Å². The molecule has 7 nitrogen and oxygen atoms in total. The monoisotopic (exact) mass is 439 g/mol. The number of phenols is 1. The molecular weight excluding hydrogens is 423 g/mol. The summed E-state index contributed by atoms with van der Waals surface area (Å²) in [4.78, 5) is 21.0. The molecule has 2 N–H and O–H groups in total. The first-order valence-corrected chi connectivity index (χ1v) is 9.37. The van der Waals surface area contributed by atoms with Crippen LogP contribution in [0.2, 0.25) is 0 Å². The maximum Gasteiger partial charge on any atom is 0.416 e. The Hall–Kier alpha value is -4.21. The second-order valence-corrected chi connectivity index (χ2v) is 6.90. The molecule has 32 heavy (non-hydrogen) atoms. The lowest BCUT2D eigenvalue weighted by Gasteiger charge is -2.10. The fourth-order valence-electron chi connectivity index (χ4n) is 3.09. The van der Waals surface area contributed by atoms with Crippen molar-refractivity contribution in [2.45, 2.75) is 13.1 Å². The molecule has 0 aliphatic rings. The summed E-state index contributed by atoms with van der Waals surface area (Å²) in [7, 11) is 0. The number of aromatic hydroxyl groups is 1. The third-order valence-electron chi connectivity index (χ3n) is 4.69. The average molecular weight is 439 g/mol. The maximum absolute atomic E-state index is 13.0. The highest BCUT2D eigenvalue weighted by Crippen LogP contribution is 2.30. The van der Waals surface area contributed by atoms with Gasteiger partial charge < -0.3 is 10.4 Å². The van der Waals surface area contributed by atoms with Crippen molar-refractivity contribution in [1.82, 2.24) is 19.7 Å². The molecule has 0 atom stereocenters. The van der Waals surface area contributed by atoms with Gasteiger partial charge in [-0.2, -0.15) is 18.3 Å². The Labute approximate surface area is 180 Å². The van der Waals surface area contributed by atoms with Crippen LogP contribution in [0.15, 0.2) is 67.1 Å². The van der Waals surface area contributed by atoms with Gasteiger partial charge in [-0.3, -0.25) is 4.79 Å². The van der Waals surface area contributed by atoms with Gasteiger partial charge >= 0.3 is 6.18 Å². The van der Waals surface area contributed by atoms with E-state index >= 15 is 0 Å². The van der Waals surface area contributed by atoms with Gasteiger partial charge in [-0.25, -0.2) is 14.6 Å². The molecule has 0 saturated heterocycles. The Balaban J connectivity index is 1.53. The molecule has 0 unspecified atom stereocenters. The van der Waals surface area contributed by atoms with Crippen molar-refractivity contribution in [2.75, 3.05) is 5.32 Å². The van der Waals surface area contributed by atoms with Gasteiger partial charge in [-0.05, 0) is 37.3 Å². The van der Waals surface area contributed by atoms with Gasteiger partial charge in [0.1, 0.15) is 5.75 Å². The first kappa shape index (κ1) is 21.0. The molecule has 4 aromatic rings. The molecule has 0 spiro atoms. The fourth-order valence-corrected chi connectivity index (χ4v) is 3.09. The number of hydrogen-bond acceptors (Lipinski definition) is 5. The van der Waals surface area contributed by atoms with E-state index in [1.807, 2.05) is 0 Å². The first-order valence-electron chi connectivity index (χ1n) is 9.37. The lowest BCUT2D eigenvalue weighted by atomic mass is 10.2. The van der Waals surface area contributed by atoms with Crippen LogP contribution in [0.4, 0.5) is 18.9 Å². The highest BCUT2D eigenvalue weighted by atomic mass is 19.4. The molecule has 0 radical (unpaired) electrons. The van der Waals surface area contributed by atoms with E-state index in [-0.39, 0.29) is 17.0 Å². The van der Waals surface area contributed by atoms with Gasteiger partial charge in [0.25, 0.3) is 5.91 Å². The zero-order chi connectivity index (χ0) is 22.9. The van der Waals surface area contributed by atoms with E-state index in [1.54, 1.807) is 19.1 Å². The van der Waals surface area contributed by atoms with Gasteiger partial charge in [0.05, 0.1) is 46.8 Å². The normalized spacial score (nSPS) is 11.4. The summed E-state index contributed by atoms with van der Waals surface area (Å²) in [5, 5.41) is 16.3. The molecule has 0 bridgehead atoms. The number of phenolic OH excluding ortho intramolecular Hbond substituents is 1. The average Bonchev–Trinajstić information content (AvgIpc) is 3.15. The van der Waals surface area contributed by atoms with Gasteiger partial charge in [-0.15, -0.1) is 0 Å². The Morgan fingerprint density at radius 3 is 2.44 bits per heavy atom. The summed E-state index contributed by atoms with van der Waals surface area (Å²) in [5.74, 6) is -0.0568. The molecule has 0 aliphatic carbocycles. The molecule has 162 valence electrons. The van der Waals surface area contributed by atoms with Gasteiger partial charge in [-0.1, -0.05) is 18.2 Å². The Morgan fingerprint density at radius 2 is 1.75 bits per heavy atom. The van der Waals surface area contributed by atoms with Gasteiger partial charge in [0, 0.05) is 5.56 Å². The topological polar surface area (TPSA) is 92.9 Å². The predicted octanol–water partition coefficient (Wildman–Crippen LogP) is 4.61. The van der Waals surface area contributed by atoms with E-state index in [4.69, 9.17) is 0 Å². The van der Waals surface area contributed by atoms with E-state index in [0.717, 1.165) is 12.1 Å². The highest BCUT2D eigenvalue weighted by molar-refractivity contribution is 6.04. The number of nitrogens with one attached hydrogen (secondary N) is 1. The minimum Gasteiger partial charge on any atom is -0.508 e. The zero-order valence-electron chi connectivity index (χ0n) is 16.6. The molecule has 2 aromatic carbocycles. The van der Waals surface area contributed by atoms with Crippen LogP contribution in [0.3, 0.4) is 0 Å². The maximum atomic E-state index is 13.0. The Bertz CT molecular complexity index is 1280. The second-order valence-electron chi connectivity index (χ2n) is 6.90. The van der Waals surface area contributed by atoms with E-state index in [0.29, 0.717) is 22.8 Å². The number of aromatic nitrogens is 4. The minimum atomic E-state index is -4.48. The SMILES string of the molecule is Cc1c(C(=O)Nc2cnc(-c3cccc(O)c3)nc2)cnn1-c1cccc(C(F)(F)F)c1. The van der Waals surface area contributed by atoms with Crippen molar-refractivity contribution in [2.24, 2.45) is 0 Å². The summed E-state index contributed by atoms with van der Waals surface area (Å²) in [5.41, 5.74) is 0.889. The van der Waals surface area contributed by atoms with Crippen LogP contribution in [-0.4, -0.2) is 30.8 Å². The van der Waals surface area contributed by atoms with Crippen LogP contribution in [-0.2, 0) is 6.18 Å². The summed E-state index contributed by atoms with van der Waals surface area (Å²) >= 11 is 0. The molecule has 2 aromatic heterocycles. The van der Waals surface area contributed by atoms with Crippen LogP contribution < -0.4 is 5.32 Å². The molecule has 0 aliphatic heterocycles. The van der Waals surface area contributed by atoms with Gasteiger partial charge in [0.2, 0.25) is 0 Å². The number of rotatable bonds is 4. The second kappa shape index (κ2) is 8.14. The van der Waals surface area contributed by atoms with Crippen molar-refractivity contribution in [3.8, 4) is 22.8 Å². The van der Waals surface area contributed by atoms with E-state index in [2.05, 4.69) is 20.4 Å². The molecule has 10 heteroatoms. The van der Waals surface area contributed by atoms with Crippen molar-refractivity contribution in [1.29, 1.82) is 0 Å². The van der Waals surface area contributed by atoms with E-state index in [9.17, 15) is 23.1 Å². The molecule has 0 saturated carbocycles. The van der Waals surface area contributed by atoms with Crippen LogP contribution in [0.25, 0.3) is 17.1 Å². The molecule has 0 fully saturated rings. The molecule has 4 rings (SSSR count). The molecule has 2 heterocycles. The number of hydrogen-bond donors (Lipinski definition) is 2. The summed E-state index contributed by atoms with van der Waals surface area (Å²) in [6.07, 6.45) is -0.373. The largest absolute Gasteiger partial charge is 0.508 e. The number of carbonyl (C=O) groups is 1. The third kappa shape index (κ3) is 4.29. The van der Waals surface area contributed by atoms with Crippen LogP contribution in [0.1, 0.15) is 21.6 Å². The Morgan fingerprint density at radius 1 is 1.03 bits per heavy atom. The van der Waals surface area contributed by atoms with Crippen molar-refractivity contribution in [3.63, 3.8) is 0 Å². The Kier molecular flexibility index (Phi) is 5.35. The third-order valence-corrected chi connectivity index (χ3v) is 4.69. The molecular formula is C22H16F3N5O2. The lowest BCUT2D eigenvalue weighted by Crippen LogP contribution is -2.14. The number of alkyl halides is 3. The van der Waals surface area contributed by atoms with E-state index < -0.39 is 17.6 Å². The smallest absolute Gasteiger partial charge is 0.416 e. The lowest BCUT2D eigenvalue weighted by molar-refractivity contribution is -0.137.